The van der Waals surface area contributed by atoms with Crippen molar-refractivity contribution in [2.45, 2.75) is 26.4 Å². The number of hydrogen-bond donors (Lipinski definition) is 1. The molecule has 0 radical (unpaired) electrons. The largest absolute Gasteiger partial charge is 0.444 e. The van der Waals surface area contributed by atoms with Gasteiger partial charge in [0.25, 0.3) is 0 Å². The second-order valence-electron chi connectivity index (χ2n) is 5.86. The molecule has 0 aromatic heterocycles. The average Bonchev–Trinajstić information content (AvgIpc) is 2.42. The zero-order chi connectivity index (χ0) is 16.0. The van der Waals surface area contributed by atoms with Gasteiger partial charge < -0.3 is 14.5 Å². The van der Waals surface area contributed by atoms with Gasteiger partial charge in [-0.25, -0.2) is 4.79 Å². The Balaban J connectivity index is 2.58. The molecule has 1 rings (SSSR count). The van der Waals surface area contributed by atoms with Gasteiger partial charge in [-0.2, -0.15) is 0 Å². The summed E-state index contributed by atoms with van der Waals surface area (Å²) in [4.78, 5) is 15.6. The van der Waals surface area contributed by atoms with Gasteiger partial charge in [0.1, 0.15) is 11.4 Å². The molecule has 21 heavy (non-hydrogen) atoms. The van der Waals surface area contributed by atoms with Crippen molar-refractivity contribution >= 4 is 11.9 Å². The number of ether oxygens (including phenoxy) is 1. The molecule has 0 aromatic carbocycles. The third-order valence-electron chi connectivity index (χ3n) is 3.04. The predicted molar refractivity (Wildman–Crippen MR) is 85.6 cm³/mol. The van der Waals surface area contributed by atoms with E-state index in [1.165, 1.54) is 0 Å². The van der Waals surface area contributed by atoms with Gasteiger partial charge in [0.05, 0.1) is 0 Å². The highest BCUT2D eigenvalue weighted by molar-refractivity contribution is 5.98. The van der Waals surface area contributed by atoms with E-state index in [2.05, 4.69) is 13.2 Å². The number of amides is 1. The second kappa shape index (κ2) is 7.11. The zero-order valence-electron chi connectivity index (χ0n) is 13.2. The number of carbonyl (C=O) groups is 1. The summed E-state index contributed by atoms with van der Waals surface area (Å²) >= 11 is 0. The van der Waals surface area contributed by atoms with Crippen LogP contribution in [0.5, 0.6) is 0 Å². The van der Waals surface area contributed by atoms with Gasteiger partial charge in [-0.05, 0) is 20.8 Å². The molecule has 1 aliphatic rings. The van der Waals surface area contributed by atoms with Crippen molar-refractivity contribution in [2.24, 2.45) is 0 Å². The Morgan fingerprint density at radius 2 is 1.67 bits per heavy atom. The van der Waals surface area contributed by atoms with Crippen LogP contribution in [0.3, 0.4) is 0 Å². The molecule has 116 valence electrons. The molecule has 0 saturated carbocycles. The topological polar surface area (TPSA) is 56.6 Å². The van der Waals surface area contributed by atoms with Crippen LogP contribution in [-0.4, -0.2) is 53.5 Å². The Morgan fingerprint density at radius 3 is 2.10 bits per heavy atom. The average molecular weight is 291 g/mol. The lowest BCUT2D eigenvalue weighted by atomic mass is 10.2. The summed E-state index contributed by atoms with van der Waals surface area (Å²) in [6.07, 6.45) is 4.75. The van der Waals surface area contributed by atoms with Crippen molar-refractivity contribution < 1.29 is 9.53 Å². The molecule has 0 bridgehead atoms. The molecule has 1 fully saturated rings. The number of nitrogens with zero attached hydrogens (tertiary/aromatic N) is 2. The zero-order valence-corrected chi connectivity index (χ0v) is 13.2. The minimum Gasteiger partial charge on any atom is -0.444 e. The molecule has 0 unspecified atom stereocenters. The van der Waals surface area contributed by atoms with Gasteiger partial charge in [0.2, 0.25) is 0 Å². The summed E-state index contributed by atoms with van der Waals surface area (Å²) in [5, 5.41) is 8.16. The number of amidine groups is 1. The Hall–Kier alpha value is -2.04. The summed E-state index contributed by atoms with van der Waals surface area (Å²) in [6.45, 7) is 15.2. The highest BCUT2D eigenvalue weighted by Gasteiger charge is 2.26. The van der Waals surface area contributed by atoms with E-state index in [-0.39, 0.29) is 6.09 Å². The predicted octanol–water partition coefficient (Wildman–Crippen LogP) is 2.81. The van der Waals surface area contributed by atoms with E-state index in [0.29, 0.717) is 32.0 Å². The lowest BCUT2D eigenvalue weighted by Gasteiger charge is -2.36. The first-order chi connectivity index (χ1) is 9.78. The van der Waals surface area contributed by atoms with Crippen LogP contribution >= 0.6 is 0 Å². The maximum absolute atomic E-state index is 12.0. The van der Waals surface area contributed by atoms with Crippen molar-refractivity contribution in [1.82, 2.24) is 9.80 Å². The molecule has 5 nitrogen and oxygen atoms in total. The van der Waals surface area contributed by atoms with Gasteiger partial charge >= 0.3 is 6.09 Å². The Labute approximate surface area is 127 Å². The summed E-state index contributed by atoms with van der Waals surface area (Å²) in [6, 6.07) is 0. The molecule has 1 amide bonds. The molecule has 5 heteroatoms. The fourth-order valence-corrected chi connectivity index (χ4v) is 1.99. The number of rotatable bonds is 3. The summed E-state index contributed by atoms with van der Waals surface area (Å²) in [5.74, 6) is 0.411. The highest BCUT2D eigenvalue weighted by Crippen LogP contribution is 2.13. The molecular formula is C16H25N3O2. The number of piperazine rings is 1. The Morgan fingerprint density at radius 1 is 1.14 bits per heavy atom. The number of nitrogens with one attached hydrogen (secondary N) is 1. The van der Waals surface area contributed by atoms with Gasteiger partial charge in [-0.1, -0.05) is 31.4 Å². The minimum absolute atomic E-state index is 0.292. The number of hydrogen-bond acceptors (Lipinski definition) is 3. The summed E-state index contributed by atoms with van der Waals surface area (Å²) in [7, 11) is 0. The number of allylic oxidation sites excluding steroid dienone is 2. The minimum atomic E-state index is -0.483. The van der Waals surface area contributed by atoms with Crippen LogP contribution in [0.25, 0.3) is 0 Å². The van der Waals surface area contributed by atoms with Crippen molar-refractivity contribution in [1.29, 1.82) is 5.41 Å². The van der Waals surface area contributed by atoms with E-state index in [1.54, 1.807) is 23.1 Å². The van der Waals surface area contributed by atoms with Crippen LogP contribution in [-0.2, 0) is 4.74 Å². The van der Waals surface area contributed by atoms with Crippen LogP contribution < -0.4 is 0 Å². The lowest BCUT2D eigenvalue weighted by molar-refractivity contribution is 0.0187. The smallest absolute Gasteiger partial charge is 0.410 e. The molecule has 0 spiro atoms. The van der Waals surface area contributed by atoms with Gasteiger partial charge in [0.15, 0.2) is 0 Å². The quantitative estimate of drug-likeness (QED) is 0.494. The molecule has 1 N–H and O–H groups in total. The monoisotopic (exact) mass is 291 g/mol. The Bertz CT molecular complexity index is 453. The first-order valence-corrected chi connectivity index (χ1v) is 7.05. The second-order valence-corrected chi connectivity index (χ2v) is 5.86. The molecule has 1 saturated heterocycles. The van der Waals surface area contributed by atoms with E-state index in [1.807, 2.05) is 25.7 Å². The lowest BCUT2D eigenvalue weighted by Crippen LogP contribution is -2.51. The maximum atomic E-state index is 12.0. The van der Waals surface area contributed by atoms with Crippen LogP contribution in [0, 0.1) is 5.41 Å². The maximum Gasteiger partial charge on any atom is 0.410 e. The van der Waals surface area contributed by atoms with Crippen molar-refractivity contribution in [3.63, 3.8) is 0 Å². The first-order valence-electron chi connectivity index (χ1n) is 7.05. The molecular weight excluding hydrogens is 266 g/mol. The molecule has 0 atom stereocenters. The van der Waals surface area contributed by atoms with E-state index in [4.69, 9.17) is 10.1 Å². The van der Waals surface area contributed by atoms with E-state index < -0.39 is 5.60 Å². The normalized spacial score (nSPS) is 16.4. The molecule has 0 aromatic rings. The van der Waals surface area contributed by atoms with Crippen molar-refractivity contribution in [2.75, 3.05) is 26.2 Å². The first kappa shape index (κ1) is 17.0. The summed E-state index contributed by atoms with van der Waals surface area (Å²) < 4.78 is 5.35. The SMILES string of the molecule is C=C/C=C(\C=C)C(=N)N1CCN(C(=O)OC(C)(C)C)CC1. The van der Waals surface area contributed by atoms with Crippen LogP contribution in [0.15, 0.2) is 37.0 Å². The van der Waals surface area contributed by atoms with Gasteiger partial charge in [-0.15, -0.1) is 0 Å². The fraction of sp³-hybridized carbons (Fsp3) is 0.500. The van der Waals surface area contributed by atoms with Crippen LogP contribution in [0.4, 0.5) is 4.79 Å². The third kappa shape index (κ3) is 5.10. The summed E-state index contributed by atoms with van der Waals surface area (Å²) in [5.41, 5.74) is 0.250. The van der Waals surface area contributed by atoms with Crippen LogP contribution in [0.2, 0.25) is 0 Å². The van der Waals surface area contributed by atoms with Crippen molar-refractivity contribution in [3.05, 3.63) is 37.0 Å². The Kier molecular flexibility index (Phi) is 5.76. The van der Waals surface area contributed by atoms with E-state index in [9.17, 15) is 4.79 Å². The van der Waals surface area contributed by atoms with Gasteiger partial charge in [0, 0.05) is 31.8 Å². The van der Waals surface area contributed by atoms with Crippen molar-refractivity contribution in [3.8, 4) is 0 Å². The standard InChI is InChI=1S/C16H25N3O2/c1-6-8-13(7-2)14(17)18-9-11-19(12-10-18)15(20)21-16(3,4)5/h6-8,17H,1-2,9-12H2,3-5H3/b13-8+,17-14?. The molecule has 1 aliphatic heterocycles. The van der Waals surface area contributed by atoms with Gasteiger partial charge in [-0.3, -0.25) is 5.41 Å². The molecule has 0 aliphatic carbocycles. The number of carbonyl (C=O) groups excluding carboxylic acids is 1. The van der Waals surface area contributed by atoms with E-state index in [0.717, 1.165) is 5.57 Å². The van der Waals surface area contributed by atoms with Crippen LogP contribution in [0.1, 0.15) is 20.8 Å². The van der Waals surface area contributed by atoms with E-state index >= 15 is 0 Å². The fourth-order valence-electron chi connectivity index (χ4n) is 1.99. The third-order valence-corrected chi connectivity index (χ3v) is 3.04. The molecule has 1 heterocycles. The highest BCUT2D eigenvalue weighted by atomic mass is 16.6.